The molecule has 0 aliphatic carbocycles. The average Bonchev–Trinajstić information content (AvgIpc) is 3.96. The molecule has 0 saturated heterocycles. The van der Waals surface area contributed by atoms with E-state index in [9.17, 15) is 8.78 Å². The molecule has 13 aromatic carbocycles. The summed E-state index contributed by atoms with van der Waals surface area (Å²) < 4.78 is 33.3. The van der Waals surface area contributed by atoms with Gasteiger partial charge in [-0.3, -0.25) is 0 Å². The van der Waals surface area contributed by atoms with Gasteiger partial charge in [-0.05, 0) is 120 Å². The molecule has 4 nitrogen and oxygen atoms in total. The van der Waals surface area contributed by atoms with Gasteiger partial charge in [0.05, 0.1) is 44.8 Å². The number of hydrogen-bond donors (Lipinski definition) is 0. The van der Waals surface area contributed by atoms with E-state index in [0.29, 0.717) is 0 Å². The molecular formula is C66H40F2N4. The summed E-state index contributed by atoms with van der Waals surface area (Å²) in [5, 5.41) is 13.6. The Morgan fingerprint density at radius 1 is 0.264 bits per heavy atom. The van der Waals surface area contributed by atoms with Gasteiger partial charge < -0.3 is 18.9 Å². The summed E-state index contributed by atoms with van der Waals surface area (Å²) >= 11 is 0. The number of rotatable bonds is 8. The summed E-state index contributed by atoms with van der Waals surface area (Å²) in [6.07, 6.45) is 0. The van der Waals surface area contributed by atoms with Crippen molar-refractivity contribution in [3.05, 3.63) is 254 Å². The van der Waals surface area contributed by atoms with Crippen LogP contribution in [0.1, 0.15) is 0 Å². The molecular weight excluding hydrogens is 887 g/mol. The number of hydrogen-bond acceptors (Lipinski definition) is 2. The fraction of sp³-hybridized carbons (Fsp3) is 0. The van der Waals surface area contributed by atoms with E-state index < -0.39 is 0 Å². The number of benzene rings is 13. The van der Waals surface area contributed by atoms with Gasteiger partial charge >= 0.3 is 0 Å². The van der Waals surface area contributed by atoms with Crippen molar-refractivity contribution in [3.63, 3.8) is 0 Å². The zero-order chi connectivity index (χ0) is 47.6. The van der Waals surface area contributed by atoms with Crippen LogP contribution in [0.3, 0.4) is 0 Å². The normalized spacial score (nSPS) is 12.0. The molecule has 0 amide bonds. The summed E-state index contributed by atoms with van der Waals surface area (Å²) in [6.45, 7) is 0. The van der Waals surface area contributed by atoms with E-state index in [1.165, 1.54) is 35.0 Å². The third-order valence-electron chi connectivity index (χ3n) is 14.9. The first-order chi connectivity index (χ1) is 35.6. The van der Waals surface area contributed by atoms with Gasteiger partial charge in [-0.25, -0.2) is 8.78 Å². The van der Waals surface area contributed by atoms with Crippen LogP contribution in [0.5, 0.6) is 0 Å². The number of aromatic nitrogens is 2. The minimum Gasteiger partial charge on any atom is -0.309 e. The van der Waals surface area contributed by atoms with Crippen molar-refractivity contribution in [2.75, 3.05) is 9.80 Å². The number of halogens is 2. The fourth-order valence-electron chi connectivity index (χ4n) is 12.0. The average molecular weight is 927 g/mol. The van der Waals surface area contributed by atoms with E-state index in [1.54, 1.807) is 0 Å². The van der Waals surface area contributed by atoms with Crippen LogP contribution in [0, 0.1) is 11.6 Å². The van der Waals surface area contributed by atoms with E-state index in [-0.39, 0.29) is 11.6 Å². The van der Waals surface area contributed by atoms with E-state index >= 15 is 0 Å². The molecule has 0 spiro atoms. The zero-order valence-electron chi connectivity index (χ0n) is 38.6. The molecule has 0 radical (unpaired) electrons. The molecule has 2 heterocycles. The Bertz CT molecular complexity index is 4230. The van der Waals surface area contributed by atoms with Crippen LogP contribution in [-0.4, -0.2) is 9.13 Å². The Balaban J connectivity index is 1.02. The smallest absolute Gasteiger partial charge is 0.123 e. The van der Waals surface area contributed by atoms with Gasteiger partial charge in [0.25, 0.3) is 0 Å². The van der Waals surface area contributed by atoms with Crippen LogP contribution in [0.15, 0.2) is 243 Å². The van der Waals surface area contributed by atoms with Gasteiger partial charge in [0.2, 0.25) is 0 Å². The van der Waals surface area contributed by atoms with Crippen molar-refractivity contribution < 1.29 is 8.78 Å². The topological polar surface area (TPSA) is 16.3 Å². The summed E-state index contributed by atoms with van der Waals surface area (Å²) in [4.78, 5) is 4.92. The highest BCUT2D eigenvalue weighted by atomic mass is 19.1. The lowest BCUT2D eigenvalue weighted by molar-refractivity contribution is 0.627. The van der Waals surface area contributed by atoms with Crippen molar-refractivity contribution in [2.24, 2.45) is 0 Å². The molecule has 0 aliphatic rings. The van der Waals surface area contributed by atoms with E-state index in [0.717, 1.165) is 121 Å². The van der Waals surface area contributed by atoms with Gasteiger partial charge in [0, 0.05) is 76.6 Å². The molecule has 72 heavy (non-hydrogen) atoms. The van der Waals surface area contributed by atoms with Gasteiger partial charge in [-0.1, -0.05) is 133 Å². The van der Waals surface area contributed by atoms with E-state index in [4.69, 9.17) is 0 Å². The van der Waals surface area contributed by atoms with Gasteiger partial charge in [0.1, 0.15) is 11.6 Å². The summed E-state index contributed by atoms with van der Waals surface area (Å²) in [5.41, 5.74) is 12.4. The second kappa shape index (κ2) is 15.5. The van der Waals surface area contributed by atoms with Crippen LogP contribution in [0.2, 0.25) is 0 Å². The molecule has 0 N–H and O–H groups in total. The molecule has 0 aliphatic heterocycles. The zero-order valence-corrected chi connectivity index (χ0v) is 38.6. The van der Waals surface area contributed by atoms with Crippen LogP contribution >= 0.6 is 0 Å². The number of para-hydroxylation sites is 2. The maximum absolute atomic E-state index is 14.4. The van der Waals surface area contributed by atoms with Gasteiger partial charge in [-0.15, -0.1) is 0 Å². The third kappa shape index (κ3) is 5.78. The SMILES string of the molecule is Fc1ccc(-n2c3cccc4ccc5c(N(c6ccccc6)c6c7ccccc7c(N(c7ccccc7)c7ccc8c9c7ccc7cccc(c79)n8-c7ccc(F)cc7)c7ccccc67)ccc2c5c43)cc1. The predicted molar refractivity (Wildman–Crippen MR) is 297 cm³/mol. The first-order valence-electron chi connectivity index (χ1n) is 24.3. The highest BCUT2D eigenvalue weighted by Crippen LogP contribution is 2.54. The molecule has 338 valence electrons. The lowest BCUT2D eigenvalue weighted by atomic mass is 9.94. The molecule has 0 atom stereocenters. The Kier molecular flexibility index (Phi) is 8.69. The van der Waals surface area contributed by atoms with Crippen LogP contribution in [-0.2, 0) is 0 Å². The second-order valence-electron chi connectivity index (χ2n) is 18.7. The highest BCUT2D eigenvalue weighted by molar-refractivity contribution is 6.31. The third-order valence-corrected chi connectivity index (χ3v) is 14.9. The minimum absolute atomic E-state index is 0.261. The van der Waals surface area contributed by atoms with Crippen LogP contribution < -0.4 is 9.80 Å². The first kappa shape index (κ1) is 40.4. The predicted octanol–water partition coefficient (Wildman–Crippen LogP) is 18.6. The molecule has 15 rings (SSSR count). The largest absolute Gasteiger partial charge is 0.309 e. The fourth-order valence-corrected chi connectivity index (χ4v) is 12.0. The highest BCUT2D eigenvalue weighted by Gasteiger charge is 2.29. The molecule has 0 saturated carbocycles. The molecule has 0 unspecified atom stereocenters. The molecule has 0 fully saturated rings. The van der Waals surface area contributed by atoms with Crippen molar-refractivity contribution in [1.82, 2.24) is 9.13 Å². The van der Waals surface area contributed by atoms with E-state index in [1.807, 2.05) is 24.3 Å². The standard InChI is InChI=1S/C66H40F2N4/c67-43-27-31-47(32-28-43)69-57-23-11-13-41-25-35-53-55(37-39-59(69)63(53)61(41)57)71(45-15-3-1-4-16-45)65-49-19-7-9-21-51(49)66(52-22-10-8-20-50(52)65)72(46-17-5-2-6-18-46)56-38-40-60-64-54(56)36-26-42-14-12-24-58(62(42)64)70(60)48-33-29-44(68)30-34-48/h1-40H. The number of anilines is 6. The van der Waals surface area contributed by atoms with Crippen molar-refractivity contribution in [3.8, 4) is 11.4 Å². The quantitative estimate of drug-likeness (QED) is 0.0858. The summed E-state index contributed by atoms with van der Waals surface area (Å²) in [5.74, 6) is -0.522. The number of nitrogens with zero attached hydrogens (tertiary/aromatic N) is 4. The van der Waals surface area contributed by atoms with Gasteiger partial charge in [0.15, 0.2) is 0 Å². The molecule has 0 bridgehead atoms. The molecule has 6 heteroatoms. The molecule has 15 aromatic rings. The summed E-state index contributed by atoms with van der Waals surface area (Å²) in [7, 11) is 0. The Labute approximate surface area is 412 Å². The summed E-state index contributed by atoms with van der Waals surface area (Å²) in [6, 6.07) is 83.6. The Morgan fingerprint density at radius 3 is 1.01 bits per heavy atom. The Hall–Kier alpha value is -9.52. The lowest BCUT2D eigenvalue weighted by Crippen LogP contribution is -2.15. The molecule has 2 aromatic heterocycles. The minimum atomic E-state index is -0.261. The van der Waals surface area contributed by atoms with Crippen LogP contribution in [0.25, 0.3) is 98.1 Å². The maximum atomic E-state index is 14.4. The van der Waals surface area contributed by atoms with Crippen molar-refractivity contribution in [1.29, 1.82) is 0 Å². The first-order valence-corrected chi connectivity index (χ1v) is 24.3. The monoisotopic (exact) mass is 926 g/mol. The van der Waals surface area contributed by atoms with Crippen molar-refractivity contribution in [2.45, 2.75) is 0 Å². The van der Waals surface area contributed by atoms with E-state index in [2.05, 4.69) is 213 Å². The number of fused-ring (bicyclic) bond motifs is 2. The maximum Gasteiger partial charge on any atom is 0.123 e. The second-order valence-corrected chi connectivity index (χ2v) is 18.7. The lowest BCUT2D eigenvalue weighted by Gasteiger charge is -2.33. The van der Waals surface area contributed by atoms with Crippen molar-refractivity contribution >= 4 is 121 Å². The Morgan fingerprint density at radius 2 is 0.625 bits per heavy atom. The van der Waals surface area contributed by atoms with Crippen LogP contribution in [0.4, 0.5) is 42.9 Å². The van der Waals surface area contributed by atoms with Gasteiger partial charge in [-0.2, -0.15) is 0 Å².